The van der Waals surface area contributed by atoms with Gasteiger partial charge in [-0.15, -0.1) is 0 Å². The Bertz CT molecular complexity index is 1060. The van der Waals surface area contributed by atoms with Gasteiger partial charge in [0.2, 0.25) is 0 Å². The number of benzene rings is 1. The molecule has 0 aliphatic heterocycles. The molecule has 1 atom stereocenters. The van der Waals surface area contributed by atoms with E-state index in [9.17, 15) is 4.79 Å². The van der Waals surface area contributed by atoms with Crippen molar-refractivity contribution < 1.29 is 19.0 Å². The van der Waals surface area contributed by atoms with Crippen LogP contribution in [-0.4, -0.2) is 41.1 Å². The minimum atomic E-state index is -0.564. The maximum atomic E-state index is 12.5. The molecule has 3 rings (SSSR count). The van der Waals surface area contributed by atoms with Crippen LogP contribution in [-0.2, 0) is 9.47 Å². The van der Waals surface area contributed by atoms with Crippen molar-refractivity contribution in [3.63, 3.8) is 0 Å². The third-order valence-corrected chi connectivity index (χ3v) is 4.61. The maximum Gasteiger partial charge on any atom is 0.415 e. The van der Waals surface area contributed by atoms with Crippen LogP contribution in [0.15, 0.2) is 48.7 Å². The van der Waals surface area contributed by atoms with Gasteiger partial charge in [-0.05, 0) is 77.9 Å². The van der Waals surface area contributed by atoms with Gasteiger partial charge in [-0.1, -0.05) is 6.07 Å². The Morgan fingerprint density at radius 3 is 2.50 bits per heavy atom. The minimum Gasteiger partial charge on any atom is -0.465 e. The summed E-state index contributed by atoms with van der Waals surface area (Å²) < 4.78 is 16.7. The van der Waals surface area contributed by atoms with E-state index in [0.717, 1.165) is 27.9 Å². The number of pyridine rings is 2. The van der Waals surface area contributed by atoms with Crippen LogP contribution in [0.1, 0.15) is 41.5 Å². The highest BCUT2D eigenvalue weighted by molar-refractivity contribution is 5.87. The lowest BCUT2D eigenvalue weighted by molar-refractivity contribution is -0.0612. The Morgan fingerprint density at radius 1 is 1.09 bits per heavy atom. The summed E-state index contributed by atoms with van der Waals surface area (Å²) in [6, 6.07) is 13.4. The van der Waals surface area contributed by atoms with E-state index in [1.165, 1.54) is 4.90 Å². The first kappa shape index (κ1) is 23.5. The summed E-state index contributed by atoms with van der Waals surface area (Å²) in [5, 5.41) is 0.974. The van der Waals surface area contributed by atoms with Crippen LogP contribution in [0.4, 0.5) is 10.6 Å². The van der Waals surface area contributed by atoms with E-state index in [-0.39, 0.29) is 6.29 Å². The Morgan fingerprint density at radius 2 is 1.88 bits per heavy atom. The SMILES string of the molecule is CCOC(C)Oc1ccc2nc(-c3ccc(N(CC)C(=O)OC(C)(C)C)nc3)ccc2c1. The highest BCUT2D eigenvalue weighted by atomic mass is 16.7. The number of ether oxygens (including phenoxy) is 3. The third kappa shape index (κ3) is 5.95. The number of carbonyl (C=O) groups excluding carboxylic acids is 1. The first-order chi connectivity index (χ1) is 15.2. The van der Waals surface area contributed by atoms with Crippen LogP contribution in [0.3, 0.4) is 0 Å². The lowest BCUT2D eigenvalue weighted by Crippen LogP contribution is -2.37. The largest absolute Gasteiger partial charge is 0.465 e. The molecule has 0 saturated carbocycles. The van der Waals surface area contributed by atoms with Crippen LogP contribution < -0.4 is 9.64 Å². The van der Waals surface area contributed by atoms with Gasteiger partial charge in [-0.2, -0.15) is 0 Å². The average Bonchev–Trinajstić information content (AvgIpc) is 2.73. The van der Waals surface area contributed by atoms with Crippen molar-refractivity contribution in [3.05, 3.63) is 48.7 Å². The van der Waals surface area contributed by atoms with Crippen LogP contribution in [0, 0.1) is 0 Å². The van der Waals surface area contributed by atoms with Gasteiger partial charge in [-0.25, -0.2) is 14.8 Å². The number of nitrogens with zero attached hydrogens (tertiary/aromatic N) is 3. The zero-order valence-corrected chi connectivity index (χ0v) is 19.6. The van der Waals surface area contributed by atoms with E-state index in [2.05, 4.69) is 4.98 Å². The number of carbonyl (C=O) groups is 1. The monoisotopic (exact) mass is 437 g/mol. The molecule has 170 valence electrons. The van der Waals surface area contributed by atoms with Crippen molar-refractivity contribution in [2.75, 3.05) is 18.1 Å². The molecule has 0 fully saturated rings. The number of rotatable bonds is 7. The molecule has 0 aliphatic carbocycles. The lowest BCUT2D eigenvalue weighted by atomic mass is 10.1. The number of hydrogen-bond donors (Lipinski definition) is 0. The Balaban J connectivity index is 1.79. The number of aromatic nitrogens is 2. The van der Waals surface area contributed by atoms with E-state index >= 15 is 0 Å². The first-order valence-electron chi connectivity index (χ1n) is 10.9. The molecule has 32 heavy (non-hydrogen) atoms. The van der Waals surface area contributed by atoms with E-state index in [1.807, 2.05) is 77.9 Å². The van der Waals surface area contributed by atoms with Crippen LogP contribution >= 0.6 is 0 Å². The van der Waals surface area contributed by atoms with Gasteiger partial charge in [0.15, 0.2) is 6.29 Å². The van der Waals surface area contributed by atoms with Crippen molar-refractivity contribution in [1.82, 2.24) is 9.97 Å². The van der Waals surface area contributed by atoms with Crippen molar-refractivity contribution >= 4 is 22.8 Å². The molecule has 1 amide bonds. The van der Waals surface area contributed by atoms with Gasteiger partial charge < -0.3 is 14.2 Å². The molecule has 1 aromatic carbocycles. The Labute approximate surface area is 189 Å². The molecule has 2 heterocycles. The van der Waals surface area contributed by atoms with Crippen molar-refractivity contribution in [2.45, 2.75) is 53.4 Å². The van der Waals surface area contributed by atoms with Gasteiger partial charge in [0.25, 0.3) is 0 Å². The number of hydrogen-bond acceptors (Lipinski definition) is 6. The summed E-state index contributed by atoms with van der Waals surface area (Å²) >= 11 is 0. The summed E-state index contributed by atoms with van der Waals surface area (Å²) in [5.74, 6) is 1.28. The van der Waals surface area contributed by atoms with Crippen LogP contribution in [0.2, 0.25) is 0 Å². The van der Waals surface area contributed by atoms with Gasteiger partial charge >= 0.3 is 6.09 Å². The second kappa shape index (κ2) is 9.96. The highest BCUT2D eigenvalue weighted by Gasteiger charge is 2.23. The molecule has 0 bridgehead atoms. The molecule has 2 aromatic heterocycles. The predicted octanol–water partition coefficient (Wildman–Crippen LogP) is 5.82. The van der Waals surface area contributed by atoms with Gasteiger partial charge in [0.05, 0.1) is 11.2 Å². The zero-order valence-electron chi connectivity index (χ0n) is 19.6. The van der Waals surface area contributed by atoms with E-state index < -0.39 is 11.7 Å². The molecule has 7 heteroatoms. The fraction of sp³-hybridized carbons (Fsp3) is 0.400. The average molecular weight is 438 g/mol. The molecule has 1 unspecified atom stereocenters. The first-order valence-corrected chi connectivity index (χ1v) is 10.9. The number of amides is 1. The summed E-state index contributed by atoms with van der Waals surface area (Å²) in [6.07, 6.45) is 0.996. The molecule has 0 saturated heterocycles. The molecule has 0 aliphatic rings. The third-order valence-electron chi connectivity index (χ3n) is 4.61. The van der Waals surface area contributed by atoms with Crippen LogP contribution in [0.25, 0.3) is 22.2 Å². The molecular formula is C25H31N3O4. The van der Waals surface area contributed by atoms with Crippen molar-refractivity contribution in [1.29, 1.82) is 0 Å². The molecular weight excluding hydrogens is 406 g/mol. The molecule has 0 N–H and O–H groups in total. The summed E-state index contributed by atoms with van der Waals surface area (Å²) in [6.45, 7) is 12.3. The van der Waals surface area contributed by atoms with E-state index in [0.29, 0.717) is 19.0 Å². The second-order valence-electron chi connectivity index (χ2n) is 8.32. The van der Waals surface area contributed by atoms with Gasteiger partial charge in [0.1, 0.15) is 17.2 Å². The predicted molar refractivity (Wildman–Crippen MR) is 126 cm³/mol. The quantitative estimate of drug-likeness (QED) is 0.434. The lowest BCUT2D eigenvalue weighted by Gasteiger charge is -2.25. The highest BCUT2D eigenvalue weighted by Crippen LogP contribution is 2.26. The Kier molecular flexibility index (Phi) is 7.30. The topological polar surface area (TPSA) is 73.8 Å². The Hall–Kier alpha value is -3.19. The van der Waals surface area contributed by atoms with Gasteiger partial charge in [0, 0.05) is 30.3 Å². The minimum absolute atomic E-state index is 0.308. The van der Waals surface area contributed by atoms with E-state index in [1.54, 1.807) is 12.3 Å². The standard InChI is InChI=1S/C25H31N3O4/c1-7-28(24(29)32-25(4,5)6)23-14-10-19(16-26-23)22-12-9-18-15-20(11-13-21(18)27-22)31-17(3)30-8-2/h9-17H,7-8H2,1-6H3. The number of anilines is 1. The molecule has 7 nitrogen and oxygen atoms in total. The fourth-order valence-electron chi connectivity index (χ4n) is 3.20. The summed E-state index contributed by atoms with van der Waals surface area (Å²) in [5.41, 5.74) is 1.95. The van der Waals surface area contributed by atoms with Gasteiger partial charge in [-0.3, -0.25) is 4.90 Å². The smallest absolute Gasteiger partial charge is 0.415 e. The normalized spacial score (nSPS) is 12.4. The fourth-order valence-corrected chi connectivity index (χ4v) is 3.20. The summed E-state index contributed by atoms with van der Waals surface area (Å²) in [7, 11) is 0. The molecule has 3 aromatic rings. The van der Waals surface area contributed by atoms with Crippen molar-refractivity contribution in [3.8, 4) is 17.0 Å². The van der Waals surface area contributed by atoms with Crippen molar-refractivity contribution in [2.24, 2.45) is 0 Å². The molecule has 0 radical (unpaired) electrons. The second-order valence-corrected chi connectivity index (χ2v) is 8.32. The number of fused-ring (bicyclic) bond motifs is 1. The van der Waals surface area contributed by atoms with E-state index in [4.69, 9.17) is 19.2 Å². The maximum absolute atomic E-state index is 12.5. The summed E-state index contributed by atoms with van der Waals surface area (Å²) in [4.78, 5) is 23.2. The molecule has 0 spiro atoms. The van der Waals surface area contributed by atoms with Crippen LogP contribution in [0.5, 0.6) is 5.75 Å². The zero-order chi connectivity index (χ0) is 23.3.